The molecule has 0 saturated carbocycles. The minimum atomic E-state index is -0.0935. The van der Waals surface area contributed by atoms with Gasteiger partial charge in [-0.2, -0.15) is 5.10 Å². The summed E-state index contributed by atoms with van der Waals surface area (Å²) in [4.78, 5) is 12.3. The molecule has 18 heavy (non-hydrogen) atoms. The van der Waals surface area contributed by atoms with Gasteiger partial charge in [0.15, 0.2) is 5.78 Å². The summed E-state index contributed by atoms with van der Waals surface area (Å²) < 4.78 is 6.59. The highest BCUT2D eigenvalue weighted by Crippen LogP contribution is 2.21. The first kappa shape index (κ1) is 15.1. The van der Waals surface area contributed by atoms with E-state index in [1.165, 1.54) is 6.20 Å². The quantitative estimate of drug-likeness (QED) is 0.733. The molecule has 1 atom stereocenters. The van der Waals surface area contributed by atoms with E-state index in [0.29, 0.717) is 30.4 Å². The number of carbonyl (C=O) groups excluding carboxylic acids is 1. The van der Waals surface area contributed by atoms with Crippen LogP contribution in [0.2, 0.25) is 5.02 Å². The first-order valence-corrected chi connectivity index (χ1v) is 6.44. The summed E-state index contributed by atoms with van der Waals surface area (Å²) in [6.07, 6.45) is 3.10. The predicted molar refractivity (Wildman–Crippen MR) is 70.9 cm³/mol. The molecule has 0 aliphatic rings. The molecule has 0 saturated heterocycles. The van der Waals surface area contributed by atoms with Crippen molar-refractivity contribution in [3.8, 4) is 0 Å². The van der Waals surface area contributed by atoms with Crippen molar-refractivity contribution < 1.29 is 9.53 Å². The van der Waals surface area contributed by atoms with E-state index in [1.807, 2.05) is 6.92 Å². The Bertz CT molecular complexity index is 393. The van der Waals surface area contributed by atoms with E-state index < -0.39 is 0 Å². The van der Waals surface area contributed by atoms with Gasteiger partial charge in [0.25, 0.3) is 0 Å². The van der Waals surface area contributed by atoms with Crippen molar-refractivity contribution in [2.75, 3.05) is 20.3 Å². The van der Waals surface area contributed by atoms with Gasteiger partial charge in [-0.25, -0.2) is 0 Å². The van der Waals surface area contributed by atoms with E-state index in [9.17, 15) is 4.79 Å². The summed E-state index contributed by atoms with van der Waals surface area (Å²) in [5.41, 5.74) is 5.92. The Hall–Kier alpha value is -0.910. The SMILES string of the molecule is COCCn1ncc(Cl)c1C(=O)C(C)CCCN. The monoisotopic (exact) mass is 273 g/mol. The predicted octanol–water partition coefficient (Wildman–Crippen LogP) is 1.74. The standard InChI is InChI=1S/C12H20ClN3O2/c1-9(4-3-5-14)12(17)11-10(13)8-15-16(11)6-7-18-2/h8-9H,3-7,14H2,1-2H3. The number of carbonyl (C=O) groups is 1. The average Bonchev–Trinajstić information content (AvgIpc) is 2.73. The zero-order valence-corrected chi connectivity index (χ0v) is 11.6. The fourth-order valence-corrected chi connectivity index (χ4v) is 1.98. The molecule has 1 aromatic rings. The topological polar surface area (TPSA) is 70.1 Å². The number of Topliss-reactive ketones (excluding diaryl/α,β-unsaturated/α-hetero) is 1. The van der Waals surface area contributed by atoms with Crippen molar-refractivity contribution in [1.29, 1.82) is 0 Å². The third-order valence-corrected chi connectivity index (χ3v) is 3.10. The van der Waals surface area contributed by atoms with Gasteiger partial charge >= 0.3 is 0 Å². The number of halogens is 1. The lowest BCUT2D eigenvalue weighted by Crippen LogP contribution is -2.19. The average molecular weight is 274 g/mol. The summed E-state index contributed by atoms with van der Waals surface area (Å²) in [6, 6.07) is 0. The smallest absolute Gasteiger partial charge is 0.185 e. The van der Waals surface area contributed by atoms with Gasteiger partial charge in [0.2, 0.25) is 0 Å². The Labute approximate surface area is 112 Å². The van der Waals surface area contributed by atoms with E-state index in [0.717, 1.165) is 12.8 Å². The molecule has 0 aromatic carbocycles. The molecule has 0 radical (unpaired) electrons. The maximum Gasteiger partial charge on any atom is 0.185 e. The lowest BCUT2D eigenvalue weighted by Gasteiger charge is -2.12. The van der Waals surface area contributed by atoms with Crippen molar-refractivity contribution in [2.45, 2.75) is 26.3 Å². The molecular formula is C12H20ClN3O2. The molecule has 0 aliphatic carbocycles. The molecule has 0 fully saturated rings. The second-order valence-corrected chi connectivity index (χ2v) is 4.66. The molecule has 0 amide bonds. The zero-order valence-electron chi connectivity index (χ0n) is 10.9. The van der Waals surface area contributed by atoms with Gasteiger partial charge in [-0.05, 0) is 19.4 Å². The number of rotatable bonds is 8. The number of hydrogen-bond donors (Lipinski definition) is 1. The van der Waals surface area contributed by atoms with Crippen LogP contribution < -0.4 is 5.73 Å². The minimum Gasteiger partial charge on any atom is -0.383 e. The summed E-state index contributed by atoms with van der Waals surface area (Å²) in [5, 5.41) is 4.49. The van der Waals surface area contributed by atoms with Crippen molar-refractivity contribution >= 4 is 17.4 Å². The van der Waals surface area contributed by atoms with Crippen LogP contribution in [0.25, 0.3) is 0 Å². The molecule has 0 spiro atoms. The van der Waals surface area contributed by atoms with Gasteiger partial charge in [0.1, 0.15) is 5.69 Å². The second-order valence-electron chi connectivity index (χ2n) is 4.25. The Balaban J connectivity index is 2.80. The summed E-state index contributed by atoms with van der Waals surface area (Å²) >= 11 is 6.03. The van der Waals surface area contributed by atoms with Crippen LogP contribution in [0.1, 0.15) is 30.3 Å². The number of nitrogens with two attached hydrogens (primary N) is 1. The molecule has 1 aromatic heterocycles. The van der Waals surface area contributed by atoms with Crippen LogP contribution >= 0.6 is 11.6 Å². The van der Waals surface area contributed by atoms with Crippen LogP contribution in [0.3, 0.4) is 0 Å². The number of aromatic nitrogens is 2. The van der Waals surface area contributed by atoms with Gasteiger partial charge in [0.05, 0.1) is 24.4 Å². The molecule has 6 heteroatoms. The van der Waals surface area contributed by atoms with Crippen molar-refractivity contribution in [2.24, 2.45) is 11.7 Å². The van der Waals surface area contributed by atoms with E-state index in [1.54, 1.807) is 11.8 Å². The molecule has 5 nitrogen and oxygen atoms in total. The minimum absolute atomic E-state index is 0.0158. The Morgan fingerprint density at radius 2 is 2.39 bits per heavy atom. The van der Waals surface area contributed by atoms with E-state index in [4.69, 9.17) is 22.1 Å². The summed E-state index contributed by atoms with van der Waals surface area (Å²) in [5.74, 6) is -0.0777. The number of nitrogens with zero attached hydrogens (tertiary/aromatic N) is 2. The van der Waals surface area contributed by atoms with Gasteiger partial charge in [0, 0.05) is 13.0 Å². The summed E-state index contributed by atoms with van der Waals surface area (Å²) in [7, 11) is 1.61. The number of methoxy groups -OCH3 is 1. The number of ketones is 1. The molecule has 0 bridgehead atoms. The maximum absolute atomic E-state index is 12.3. The van der Waals surface area contributed by atoms with Crippen molar-refractivity contribution in [1.82, 2.24) is 9.78 Å². The first-order valence-electron chi connectivity index (χ1n) is 6.06. The van der Waals surface area contributed by atoms with Crippen molar-refractivity contribution in [3.05, 3.63) is 16.9 Å². The molecule has 2 N–H and O–H groups in total. The van der Waals surface area contributed by atoms with Gasteiger partial charge in [-0.15, -0.1) is 0 Å². The molecule has 1 heterocycles. The van der Waals surface area contributed by atoms with Gasteiger partial charge < -0.3 is 10.5 Å². The maximum atomic E-state index is 12.3. The van der Waals surface area contributed by atoms with Crippen LogP contribution in [0.5, 0.6) is 0 Å². The highest BCUT2D eigenvalue weighted by molar-refractivity contribution is 6.33. The van der Waals surface area contributed by atoms with E-state index in [2.05, 4.69) is 5.10 Å². The van der Waals surface area contributed by atoms with Gasteiger partial charge in [-0.3, -0.25) is 9.48 Å². The van der Waals surface area contributed by atoms with E-state index >= 15 is 0 Å². The van der Waals surface area contributed by atoms with Crippen molar-refractivity contribution in [3.63, 3.8) is 0 Å². The van der Waals surface area contributed by atoms with Crippen LogP contribution in [-0.4, -0.2) is 35.8 Å². The van der Waals surface area contributed by atoms with Crippen LogP contribution in [0, 0.1) is 5.92 Å². The second kappa shape index (κ2) is 7.51. The van der Waals surface area contributed by atoms with E-state index in [-0.39, 0.29) is 11.7 Å². The largest absolute Gasteiger partial charge is 0.383 e. The fraction of sp³-hybridized carbons (Fsp3) is 0.667. The lowest BCUT2D eigenvalue weighted by molar-refractivity contribution is 0.0909. The third-order valence-electron chi connectivity index (χ3n) is 2.82. The molecule has 102 valence electrons. The molecule has 1 rings (SSSR count). The number of hydrogen-bond acceptors (Lipinski definition) is 4. The normalized spacial score (nSPS) is 12.7. The fourth-order valence-electron chi connectivity index (χ4n) is 1.74. The van der Waals surface area contributed by atoms with Crippen LogP contribution in [0.15, 0.2) is 6.20 Å². The van der Waals surface area contributed by atoms with Gasteiger partial charge in [-0.1, -0.05) is 18.5 Å². The Morgan fingerprint density at radius 1 is 1.67 bits per heavy atom. The molecule has 0 aliphatic heterocycles. The zero-order chi connectivity index (χ0) is 13.5. The van der Waals surface area contributed by atoms with Crippen LogP contribution in [0.4, 0.5) is 0 Å². The first-order chi connectivity index (χ1) is 8.61. The highest BCUT2D eigenvalue weighted by atomic mass is 35.5. The Morgan fingerprint density at radius 3 is 3.00 bits per heavy atom. The third kappa shape index (κ3) is 3.80. The lowest BCUT2D eigenvalue weighted by atomic mass is 9.98. The highest BCUT2D eigenvalue weighted by Gasteiger charge is 2.22. The number of ether oxygens (including phenoxy) is 1. The Kier molecular flexibility index (Phi) is 6.32. The summed E-state index contributed by atoms with van der Waals surface area (Å²) in [6.45, 7) is 3.50. The molecular weight excluding hydrogens is 254 g/mol. The molecule has 1 unspecified atom stereocenters. The van der Waals surface area contributed by atoms with Crippen LogP contribution in [-0.2, 0) is 11.3 Å².